The van der Waals surface area contributed by atoms with Gasteiger partial charge in [0.05, 0.1) is 5.76 Å². The molecular weight excluding hydrogens is 731 g/mol. The second-order valence-electron chi connectivity index (χ2n) is 15.4. The van der Waals surface area contributed by atoms with E-state index in [1.54, 1.807) is 0 Å². The molecular formula is C41H50IrNO2-. The van der Waals surface area contributed by atoms with E-state index in [4.69, 9.17) is 4.98 Å². The van der Waals surface area contributed by atoms with Crippen molar-refractivity contribution in [2.24, 2.45) is 17.3 Å². The fourth-order valence-corrected chi connectivity index (χ4v) is 5.89. The largest absolute Gasteiger partial charge is 0.512 e. The average molecular weight is 781 g/mol. The number of fused-ring (bicyclic) bond motifs is 5. The van der Waals surface area contributed by atoms with Crippen molar-refractivity contribution in [1.29, 1.82) is 0 Å². The van der Waals surface area contributed by atoms with Crippen LogP contribution < -0.4 is 0 Å². The second-order valence-corrected chi connectivity index (χ2v) is 15.4. The van der Waals surface area contributed by atoms with E-state index in [-0.39, 0.29) is 42.5 Å². The van der Waals surface area contributed by atoms with Crippen molar-refractivity contribution in [1.82, 2.24) is 4.98 Å². The second kappa shape index (κ2) is 14.6. The Balaban J connectivity index is 0.000000338. The number of aliphatic hydroxyl groups excluding tert-OH is 1. The number of rotatable bonds is 6. The summed E-state index contributed by atoms with van der Waals surface area (Å²) in [5, 5.41) is 11.8. The summed E-state index contributed by atoms with van der Waals surface area (Å²) in [5.41, 5.74) is 10.2. The van der Waals surface area contributed by atoms with Crippen LogP contribution in [0.1, 0.15) is 93.2 Å². The van der Waals surface area contributed by atoms with Crippen LogP contribution in [0.2, 0.25) is 0 Å². The van der Waals surface area contributed by atoms with Gasteiger partial charge in [0.25, 0.3) is 0 Å². The number of pyridine rings is 1. The number of carbonyl (C=O) groups is 1. The van der Waals surface area contributed by atoms with Crippen LogP contribution in [0, 0.1) is 23.3 Å². The number of hydrogen-bond donors (Lipinski definition) is 1. The normalized spacial score (nSPS) is 12.6. The summed E-state index contributed by atoms with van der Waals surface area (Å²) in [7, 11) is 0. The van der Waals surface area contributed by atoms with Crippen molar-refractivity contribution in [3.63, 3.8) is 0 Å². The Morgan fingerprint density at radius 2 is 1.49 bits per heavy atom. The Morgan fingerprint density at radius 1 is 0.867 bits per heavy atom. The fraction of sp³-hybridized carbons (Fsp3) is 0.415. The van der Waals surface area contributed by atoms with Gasteiger partial charge in [-0.1, -0.05) is 123 Å². The molecule has 0 atom stereocenters. The monoisotopic (exact) mass is 781 g/mol. The van der Waals surface area contributed by atoms with Gasteiger partial charge in [-0.25, -0.2) is 0 Å². The van der Waals surface area contributed by atoms with Gasteiger partial charge in [0.15, 0.2) is 5.78 Å². The van der Waals surface area contributed by atoms with E-state index in [0.29, 0.717) is 24.7 Å². The summed E-state index contributed by atoms with van der Waals surface area (Å²) < 4.78 is 0. The van der Waals surface area contributed by atoms with Crippen LogP contribution in [0.4, 0.5) is 0 Å². The summed E-state index contributed by atoms with van der Waals surface area (Å²) in [6, 6.07) is 23.9. The molecule has 0 aliphatic heterocycles. The third kappa shape index (κ3) is 9.24. The number of allylic oxidation sites excluding steroid dienone is 2. The van der Waals surface area contributed by atoms with Crippen LogP contribution >= 0.6 is 0 Å². The number of hydrogen-bond acceptors (Lipinski definition) is 3. The molecule has 0 bridgehead atoms. The molecule has 1 heterocycles. The first-order valence-corrected chi connectivity index (χ1v) is 16.0. The molecule has 45 heavy (non-hydrogen) atoms. The molecule has 4 aromatic rings. The topological polar surface area (TPSA) is 50.2 Å². The maximum absolute atomic E-state index is 11.2. The molecule has 5 rings (SSSR count). The first-order chi connectivity index (χ1) is 20.5. The van der Waals surface area contributed by atoms with E-state index in [1.807, 2.05) is 33.9 Å². The van der Waals surface area contributed by atoms with Gasteiger partial charge in [0.2, 0.25) is 0 Å². The van der Waals surface area contributed by atoms with Crippen molar-refractivity contribution >= 4 is 16.6 Å². The molecule has 1 radical (unpaired) electrons. The summed E-state index contributed by atoms with van der Waals surface area (Å²) in [5.74, 6) is 0.979. The van der Waals surface area contributed by atoms with Crippen LogP contribution in [0.15, 0.2) is 72.6 Å². The zero-order valence-corrected chi connectivity index (χ0v) is 31.2. The maximum atomic E-state index is 11.2. The fourth-order valence-electron chi connectivity index (χ4n) is 5.89. The molecule has 1 aliphatic rings. The maximum Gasteiger partial charge on any atom is 0.159 e. The van der Waals surface area contributed by atoms with E-state index in [1.165, 1.54) is 50.2 Å². The third-order valence-corrected chi connectivity index (χ3v) is 7.76. The minimum Gasteiger partial charge on any atom is -0.512 e. The van der Waals surface area contributed by atoms with Crippen LogP contribution in [0.25, 0.3) is 44.3 Å². The van der Waals surface area contributed by atoms with Crippen molar-refractivity contribution in [2.75, 3.05) is 0 Å². The summed E-state index contributed by atoms with van der Waals surface area (Å²) >= 11 is 0. The van der Waals surface area contributed by atoms with E-state index in [9.17, 15) is 9.90 Å². The molecule has 0 spiro atoms. The minimum atomic E-state index is 0. The van der Waals surface area contributed by atoms with Gasteiger partial charge in [0.1, 0.15) is 0 Å². The average Bonchev–Trinajstić information content (AvgIpc) is 3.01. The number of nitrogens with zero attached hydrogens (tertiary/aromatic N) is 1. The number of ketones is 1. The Kier molecular flexibility index (Phi) is 11.8. The van der Waals surface area contributed by atoms with Crippen LogP contribution in [-0.4, -0.2) is 15.9 Å². The van der Waals surface area contributed by atoms with E-state index < -0.39 is 0 Å². The molecule has 1 aromatic heterocycles. The number of benzene rings is 3. The van der Waals surface area contributed by atoms with Crippen molar-refractivity contribution in [3.8, 4) is 33.5 Å². The Bertz CT molecular complexity index is 1680. The quantitative estimate of drug-likeness (QED) is 0.106. The van der Waals surface area contributed by atoms with Crippen LogP contribution in [0.5, 0.6) is 0 Å². The first-order valence-electron chi connectivity index (χ1n) is 16.0. The predicted molar refractivity (Wildman–Crippen MR) is 187 cm³/mol. The molecule has 241 valence electrons. The summed E-state index contributed by atoms with van der Waals surface area (Å²) in [6.07, 6.45) is 5.44. The first kappa shape index (κ1) is 36.4. The van der Waals surface area contributed by atoms with Crippen LogP contribution in [-0.2, 0) is 36.7 Å². The van der Waals surface area contributed by atoms with E-state index in [2.05, 4.69) is 102 Å². The molecule has 0 saturated heterocycles. The van der Waals surface area contributed by atoms with Crippen molar-refractivity contribution in [2.45, 2.75) is 93.9 Å². The molecule has 1 aliphatic carbocycles. The third-order valence-electron chi connectivity index (χ3n) is 7.76. The SMILES string of the molecule is CC(C)(C)Cc1c[c-]c2c(c1)-c1ccccc1-c1cc(C(C)(C)C)cc3ccnc-2c13.CC(C)CC(=O)/C=C(\O)CC(C)C.[Ir]. The zero-order valence-electron chi connectivity index (χ0n) is 28.8. The van der Waals surface area contributed by atoms with E-state index >= 15 is 0 Å². The standard InChI is InChI=1S/C30H30N.C11H20O2.Ir/c1-29(2,3)18-19-11-12-24-25(15-19)22-9-7-8-10-23(22)26-17-21(30(4,5)6)16-20-13-14-31-28(24)27(20)26;1-8(2)5-10(12)7-11(13)6-9(3)4;/h7-11,13-17H,18H2,1-6H3;7-9,12H,5-6H2,1-4H3;/q-1;;/b;10-7-;. The van der Waals surface area contributed by atoms with Gasteiger partial charge in [-0.15, -0.1) is 29.3 Å². The predicted octanol–water partition coefficient (Wildman–Crippen LogP) is 11.3. The number of carbonyl (C=O) groups excluding carboxylic acids is 1. The Labute approximate surface area is 284 Å². The minimum absolute atomic E-state index is 0. The van der Waals surface area contributed by atoms with Gasteiger partial charge >= 0.3 is 0 Å². The molecule has 3 aromatic carbocycles. The Morgan fingerprint density at radius 3 is 2.07 bits per heavy atom. The number of aliphatic hydroxyl groups is 1. The summed E-state index contributed by atoms with van der Waals surface area (Å²) in [6.45, 7) is 21.7. The van der Waals surface area contributed by atoms with Gasteiger partial charge in [-0.05, 0) is 61.9 Å². The molecule has 0 unspecified atom stereocenters. The van der Waals surface area contributed by atoms with Crippen LogP contribution in [0.3, 0.4) is 0 Å². The van der Waals surface area contributed by atoms with Crippen molar-refractivity contribution < 1.29 is 30.0 Å². The summed E-state index contributed by atoms with van der Waals surface area (Å²) in [4.78, 5) is 16.1. The van der Waals surface area contributed by atoms with E-state index in [0.717, 1.165) is 17.7 Å². The zero-order chi connectivity index (χ0) is 32.4. The smallest absolute Gasteiger partial charge is 0.159 e. The van der Waals surface area contributed by atoms with Gasteiger partial charge < -0.3 is 10.1 Å². The molecule has 0 amide bonds. The van der Waals surface area contributed by atoms with Crippen molar-refractivity contribution in [3.05, 3.63) is 89.8 Å². The molecule has 0 saturated carbocycles. The van der Waals surface area contributed by atoms with Gasteiger partial charge in [-0.3, -0.25) is 4.79 Å². The van der Waals surface area contributed by atoms with Gasteiger partial charge in [0, 0.05) is 45.2 Å². The van der Waals surface area contributed by atoms with Gasteiger partial charge in [-0.2, -0.15) is 0 Å². The molecule has 3 nitrogen and oxygen atoms in total. The Hall–Kier alpha value is -3.07. The number of aromatic nitrogens is 1. The molecule has 4 heteroatoms. The molecule has 0 fully saturated rings. The molecule has 1 N–H and O–H groups in total.